The number of nitrogens with two attached hydrogens (primary N) is 1. The van der Waals surface area contributed by atoms with E-state index >= 15 is 0 Å². The second-order valence-corrected chi connectivity index (χ2v) is 3.54. The van der Waals surface area contributed by atoms with Gasteiger partial charge in [0.05, 0.1) is 0 Å². The van der Waals surface area contributed by atoms with Crippen LogP contribution >= 0.6 is 0 Å². The average Bonchev–Trinajstić information content (AvgIpc) is 2.29. The summed E-state index contributed by atoms with van der Waals surface area (Å²) in [5, 5.41) is 19.8. The number of phenols is 1. The molecule has 82 valence electrons. The highest BCUT2D eigenvalue weighted by atomic mass is 16.4. The van der Waals surface area contributed by atoms with Crippen LogP contribution in [-0.4, -0.2) is 16.2 Å². The maximum atomic E-state index is 10.8. The molecule has 0 saturated carbocycles. The highest BCUT2D eigenvalue weighted by molar-refractivity contribution is 5.94. The summed E-state index contributed by atoms with van der Waals surface area (Å²) in [5.74, 6) is -0.965. The minimum Gasteiger partial charge on any atom is -0.507 e. The number of carbonyl (C=O) groups is 1. The van der Waals surface area contributed by atoms with Gasteiger partial charge in [0.1, 0.15) is 11.8 Å². The first-order valence-corrected chi connectivity index (χ1v) is 4.80. The maximum Gasteiger partial charge on any atom is 0.325 e. The predicted molar refractivity (Wildman–Crippen MR) is 60.2 cm³/mol. The molecule has 0 radical (unpaired) electrons. The molecule has 0 amide bonds. The number of phenolic OH excluding ortho intramolecular Hbond substituents is 1. The van der Waals surface area contributed by atoms with Crippen LogP contribution in [-0.2, 0) is 4.79 Å². The highest BCUT2D eigenvalue weighted by Crippen LogP contribution is 2.29. The van der Waals surface area contributed by atoms with E-state index < -0.39 is 12.0 Å². The average molecular weight is 217 g/mol. The molecule has 1 atom stereocenters. The fraction of sp³-hybridized carbons (Fsp3) is 0.0833. The van der Waals surface area contributed by atoms with Crippen LogP contribution in [0.4, 0.5) is 0 Å². The molecule has 0 bridgehead atoms. The van der Waals surface area contributed by atoms with Gasteiger partial charge in [0.15, 0.2) is 0 Å². The van der Waals surface area contributed by atoms with Gasteiger partial charge in [-0.1, -0.05) is 30.3 Å². The summed E-state index contributed by atoms with van der Waals surface area (Å²) < 4.78 is 0. The number of hydrogen-bond acceptors (Lipinski definition) is 3. The van der Waals surface area contributed by atoms with Crippen LogP contribution in [0.2, 0.25) is 0 Å². The molecule has 4 nitrogen and oxygen atoms in total. The molecule has 0 aromatic heterocycles. The summed E-state index contributed by atoms with van der Waals surface area (Å²) in [7, 11) is 0. The summed E-state index contributed by atoms with van der Waals surface area (Å²) in [5.41, 5.74) is 6.07. The standard InChI is InChI=1S/C12H11NO3/c13-11(12(15)16)9-5-6-10(14)8-4-2-1-3-7(8)9/h1-6,11,14H,13H2,(H,15,16)/t11-/m1/s1. The first kappa shape index (κ1) is 10.4. The lowest BCUT2D eigenvalue weighted by Gasteiger charge is -2.11. The molecule has 4 N–H and O–H groups in total. The Labute approximate surface area is 91.9 Å². The number of carboxylic acids is 1. The van der Waals surface area contributed by atoms with E-state index in [1.54, 1.807) is 24.3 Å². The molecule has 0 unspecified atom stereocenters. The Morgan fingerprint density at radius 2 is 1.75 bits per heavy atom. The van der Waals surface area contributed by atoms with E-state index in [-0.39, 0.29) is 5.75 Å². The molecular weight excluding hydrogens is 206 g/mol. The maximum absolute atomic E-state index is 10.8. The first-order chi connectivity index (χ1) is 7.61. The number of aliphatic carboxylic acids is 1. The van der Waals surface area contributed by atoms with E-state index in [9.17, 15) is 9.90 Å². The third-order valence-corrected chi connectivity index (χ3v) is 2.54. The Kier molecular flexibility index (Phi) is 2.50. The summed E-state index contributed by atoms with van der Waals surface area (Å²) in [4.78, 5) is 10.8. The van der Waals surface area contributed by atoms with E-state index in [4.69, 9.17) is 10.8 Å². The Bertz CT molecular complexity index is 551. The summed E-state index contributed by atoms with van der Waals surface area (Å²) >= 11 is 0. The van der Waals surface area contributed by atoms with Gasteiger partial charge in [-0.15, -0.1) is 0 Å². The van der Waals surface area contributed by atoms with Crippen LogP contribution < -0.4 is 5.73 Å². The van der Waals surface area contributed by atoms with Crippen LogP contribution in [0.25, 0.3) is 10.8 Å². The molecule has 4 heteroatoms. The van der Waals surface area contributed by atoms with Gasteiger partial charge in [-0.3, -0.25) is 4.79 Å². The van der Waals surface area contributed by atoms with Crippen molar-refractivity contribution >= 4 is 16.7 Å². The molecule has 0 heterocycles. The van der Waals surface area contributed by atoms with Gasteiger partial charge in [-0.25, -0.2) is 0 Å². The second-order valence-electron chi connectivity index (χ2n) is 3.54. The van der Waals surface area contributed by atoms with Gasteiger partial charge in [0.2, 0.25) is 0 Å². The largest absolute Gasteiger partial charge is 0.507 e. The van der Waals surface area contributed by atoms with Crippen molar-refractivity contribution in [1.82, 2.24) is 0 Å². The molecule has 0 saturated heterocycles. The monoisotopic (exact) mass is 217 g/mol. The normalized spacial score (nSPS) is 12.6. The van der Waals surface area contributed by atoms with Gasteiger partial charge in [0, 0.05) is 5.39 Å². The van der Waals surface area contributed by atoms with E-state index in [1.807, 2.05) is 0 Å². The van der Waals surface area contributed by atoms with Gasteiger partial charge in [-0.05, 0) is 17.0 Å². The summed E-state index contributed by atoms with van der Waals surface area (Å²) in [6, 6.07) is 8.94. The van der Waals surface area contributed by atoms with Crippen molar-refractivity contribution in [2.45, 2.75) is 6.04 Å². The third kappa shape index (κ3) is 1.59. The van der Waals surface area contributed by atoms with Gasteiger partial charge in [0.25, 0.3) is 0 Å². The highest BCUT2D eigenvalue weighted by Gasteiger charge is 2.17. The van der Waals surface area contributed by atoms with Crippen LogP contribution in [0.15, 0.2) is 36.4 Å². The number of rotatable bonds is 2. The van der Waals surface area contributed by atoms with Crippen molar-refractivity contribution in [3.8, 4) is 5.75 Å². The number of aromatic hydroxyl groups is 1. The third-order valence-electron chi connectivity index (χ3n) is 2.54. The van der Waals surface area contributed by atoms with Crippen molar-refractivity contribution in [3.63, 3.8) is 0 Å². The van der Waals surface area contributed by atoms with Crippen molar-refractivity contribution in [2.24, 2.45) is 5.73 Å². The molecule has 2 rings (SSSR count). The quantitative estimate of drug-likeness (QED) is 0.713. The Morgan fingerprint density at radius 1 is 1.12 bits per heavy atom. The van der Waals surface area contributed by atoms with Crippen molar-refractivity contribution in [3.05, 3.63) is 42.0 Å². The number of carboxylic acid groups (broad SMARTS) is 1. The lowest BCUT2D eigenvalue weighted by Crippen LogP contribution is -2.20. The number of fused-ring (bicyclic) bond motifs is 1. The Morgan fingerprint density at radius 3 is 2.38 bits per heavy atom. The molecule has 0 aliphatic carbocycles. The van der Waals surface area contributed by atoms with Crippen LogP contribution in [0, 0.1) is 0 Å². The summed E-state index contributed by atoms with van der Waals surface area (Å²) in [6.07, 6.45) is 0. The molecular formula is C12H11NO3. The molecule has 0 spiro atoms. The zero-order valence-corrected chi connectivity index (χ0v) is 8.42. The molecule has 0 fully saturated rings. The second kappa shape index (κ2) is 3.83. The minimum absolute atomic E-state index is 0.122. The topological polar surface area (TPSA) is 83.6 Å². The van der Waals surface area contributed by atoms with Crippen molar-refractivity contribution in [2.75, 3.05) is 0 Å². The van der Waals surface area contributed by atoms with E-state index in [1.165, 1.54) is 12.1 Å². The molecule has 0 aliphatic rings. The van der Waals surface area contributed by atoms with Crippen LogP contribution in [0.1, 0.15) is 11.6 Å². The molecule has 0 aliphatic heterocycles. The van der Waals surface area contributed by atoms with Gasteiger partial charge >= 0.3 is 5.97 Å². The van der Waals surface area contributed by atoms with Crippen LogP contribution in [0.3, 0.4) is 0 Å². The fourth-order valence-corrected chi connectivity index (χ4v) is 1.71. The lowest BCUT2D eigenvalue weighted by atomic mass is 9.99. The zero-order valence-electron chi connectivity index (χ0n) is 8.42. The smallest absolute Gasteiger partial charge is 0.325 e. The van der Waals surface area contributed by atoms with E-state index in [2.05, 4.69) is 0 Å². The summed E-state index contributed by atoms with van der Waals surface area (Å²) in [6.45, 7) is 0. The van der Waals surface area contributed by atoms with Crippen molar-refractivity contribution in [1.29, 1.82) is 0 Å². The first-order valence-electron chi connectivity index (χ1n) is 4.80. The molecule has 2 aromatic carbocycles. The Balaban J connectivity index is 2.72. The zero-order chi connectivity index (χ0) is 11.7. The van der Waals surface area contributed by atoms with E-state index in [0.717, 1.165) is 0 Å². The van der Waals surface area contributed by atoms with Gasteiger partial charge < -0.3 is 15.9 Å². The van der Waals surface area contributed by atoms with Crippen molar-refractivity contribution < 1.29 is 15.0 Å². The lowest BCUT2D eigenvalue weighted by molar-refractivity contribution is -0.138. The SMILES string of the molecule is N[C@@H](C(=O)O)c1ccc(O)c2ccccc12. The molecule has 16 heavy (non-hydrogen) atoms. The number of hydrogen-bond donors (Lipinski definition) is 3. The Hall–Kier alpha value is -2.07. The molecule has 2 aromatic rings. The predicted octanol–water partition coefficient (Wildman–Crippen LogP) is 1.63. The fourth-order valence-electron chi connectivity index (χ4n) is 1.71. The van der Waals surface area contributed by atoms with Crippen LogP contribution in [0.5, 0.6) is 5.75 Å². The van der Waals surface area contributed by atoms with E-state index in [0.29, 0.717) is 16.3 Å². The number of benzene rings is 2. The van der Waals surface area contributed by atoms with Gasteiger partial charge in [-0.2, -0.15) is 0 Å². The minimum atomic E-state index is -1.09.